The summed E-state index contributed by atoms with van der Waals surface area (Å²) in [5.41, 5.74) is 6.09. The number of aromatic nitrogens is 2. The largest absolute Gasteiger partial charge is 0.506 e. The molecule has 8 heteroatoms. The molecule has 0 bridgehead atoms. The van der Waals surface area contributed by atoms with E-state index in [1.807, 2.05) is 38.1 Å². The molecule has 3 aromatic rings. The van der Waals surface area contributed by atoms with Gasteiger partial charge in [0.2, 0.25) is 0 Å². The van der Waals surface area contributed by atoms with Crippen LogP contribution in [0.2, 0.25) is 0 Å². The van der Waals surface area contributed by atoms with Crippen LogP contribution in [0, 0.1) is 6.92 Å². The van der Waals surface area contributed by atoms with Gasteiger partial charge in [-0.05, 0) is 59.6 Å². The molecule has 1 aromatic heterocycles. The number of hydrogen-bond donors (Lipinski definition) is 2. The van der Waals surface area contributed by atoms with Crippen LogP contribution in [-0.2, 0) is 0 Å². The van der Waals surface area contributed by atoms with Crippen molar-refractivity contribution in [3.63, 3.8) is 0 Å². The maximum Gasteiger partial charge on any atom is 0.165 e. The molecular formula is C19H15Br3N4O. The average molecular weight is 555 g/mol. The van der Waals surface area contributed by atoms with Crippen LogP contribution in [0.1, 0.15) is 18.2 Å². The van der Waals surface area contributed by atoms with Gasteiger partial charge in [-0.3, -0.25) is 5.43 Å². The van der Waals surface area contributed by atoms with E-state index in [9.17, 15) is 5.11 Å². The number of halogens is 3. The molecule has 0 aliphatic carbocycles. The van der Waals surface area contributed by atoms with Crippen LogP contribution < -0.4 is 5.43 Å². The summed E-state index contributed by atoms with van der Waals surface area (Å²) in [5.74, 6) is 1.04. The minimum Gasteiger partial charge on any atom is -0.506 e. The topological polar surface area (TPSA) is 70.4 Å². The maximum atomic E-state index is 10.3. The third kappa shape index (κ3) is 4.94. The van der Waals surface area contributed by atoms with Crippen LogP contribution in [0.5, 0.6) is 5.75 Å². The van der Waals surface area contributed by atoms with Crippen LogP contribution in [0.25, 0.3) is 11.4 Å². The van der Waals surface area contributed by atoms with Crippen molar-refractivity contribution in [2.45, 2.75) is 13.8 Å². The smallest absolute Gasteiger partial charge is 0.165 e. The lowest BCUT2D eigenvalue weighted by Gasteiger charge is -2.09. The second-order valence-electron chi connectivity index (χ2n) is 5.82. The Balaban J connectivity index is 1.92. The molecule has 138 valence electrons. The van der Waals surface area contributed by atoms with E-state index in [1.54, 1.807) is 18.2 Å². The average Bonchev–Trinajstić information content (AvgIpc) is 2.63. The number of aryl methyl sites for hydroxylation is 1. The molecule has 5 nitrogen and oxygen atoms in total. The van der Waals surface area contributed by atoms with E-state index in [4.69, 9.17) is 0 Å². The summed E-state index contributed by atoms with van der Waals surface area (Å²) in [7, 11) is 0. The molecule has 0 amide bonds. The zero-order chi connectivity index (χ0) is 19.6. The maximum absolute atomic E-state index is 10.3. The molecule has 1 heterocycles. The second-order valence-corrected chi connectivity index (χ2v) is 8.50. The third-order valence-corrected chi connectivity index (χ3v) is 5.31. The van der Waals surface area contributed by atoms with E-state index < -0.39 is 0 Å². The third-order valence-electron chi connectivity index (χ3n) is 3.72. The van der Waals surface area contributed by atoms with Crippen molar-refractivity contribution in [2.75, 3.05) is 5.43 Å². The predicted molar refractivity (Wildman–Crippen MR) is 119 cm³/mol. The number of hydrogen-bond acceptors (Lipinski definition) is 5. The Bertz CT molecular complexity index is 1020. The lowest BCUT2D eigenvalue weighted by molar-refractivity contribution is 0.473. The van der Waals surface area contributed by atoms with Crippen molar-refractivity contribution in [1.82, 2.24) is 9.97 Å². The van der Waals surface area contributed by atoms with Crippen molar-refractivity contribution in [3.05, 3.63) is 67.1 Å². The molecule has 0 unspecified atom stereocenters. The zero-order valence-electron chi connectivity index (χ0n) is 14.5. The SMILES string of the molecule is CC(=NNc1cc(C)nc(-c2cc(Br)cc(Br)c2O)n1)c1ccc(Br)cc1. The minimum atomic E-state index is 0.0873. The molecule has 2 aromatic carbocycles. The van der Waals surface area contributed by atoms with E-state index in [2.05, 4.69) is 68.3 Å². The van der Waals surface area contributed by atoms with Crippen molar-refractivity contribution in [3.8, 4) is 17.1 Å². The van der Waals surface area contributed by atoms with Crippen molar-refractivity contribution in [2.24, 2.45) is 5.10 Å². The Hall–Kier alpha value is -1.77. The van der Waals surface area contributed by atoms with Crippen LogP contribution in [0.3, 0.4) is 0 Å². The van der Waals surface area contributed by atoms with Gasteiger partial charge in [0.25, 0.3) is 0 Å². The fourth-order valence-corrected chi connectivity index (χ4v) is 3.87. The molecule has 0 aliphatic heterocycles. The predicted octanol–water partition coefficient (Wildman–Crippen LogP) is 6.28. The fraction of sp³-hybridized carbons (Fsp3) is 0.105. The summed E-state index contributed by atoms with van der Waals surface area (Å²) in [6, 6.07) is 13.2. The summed E-state index contributed by atoms with van der Waals surface area (Å²) in [4.78, 5) is 8.92. The number of nitrogens with one attached hydrogen (secondary N) is 1. The van der Waals surface area contributed by atoms with Gasteiger partial charge in [0.15, 0.2) is 11.6 Å². The zero-order valence-corrected chi connectivity index (χ0v) is 19.2. The first-order valence-corrected chi connectivity index (χ1v) is 10.3. The number of anilines is 1. The van der Waals surface area contributed by atoms with Crippen LogP contribution in [-0.4, -0.2) is 20.8 Å². The number of hydrazone groups is 1. The highest BCUT2D eigenvalue weighted by Gasteiger charge is 2.13. The number of aromatic hydroxyl groups is 1. The van der Waals surface area contributed by atoms with E-state index in [1.165, 1.54) is 0 Å². The molecule has 3 rings (SSSR count). The molecule has 27 heavy (non-hydrogen) atoms. The van der Waals surface area contributed by atoms with Crippen LogP contribution >= 0.6 is 47.8 Å². The van der Waals surface area contributed by atoms with Gasteiger partial charge in [-0.15, -0.1) is 0 Å². The van der Waals surface area contributed by atoms with Gasteiger partial charge in [-0.2, -0.15) is 5.10 Å². The minimum absolute atomic E-state index is 0.0873. The van der Waals surface area contributed by atoms with Gasteiger partial charge in [0, 0.05) is 20.7 Å². The summed E-state index contributed by atoms with van der Waals surface area (Å²) in [6.07, 6.45) is 0. The Morgan fingerprint density at radius 3 is 2.41 bits per heavy atom. The van der Waals surface area contributed by atoms with Crippen molar-refractivity contribution >= 4 is 59.3 Å². The van der Waals surface area contributed by atoms with E-state index in [0.717, 1.165) is 25.9 Å². The van der Waals surface area contributed by atoms with Gasteiger partial charge in [0.05, 0.1) is 15.7 Å². The van der Waals surface area contributed by atoms with Crippen LogP contribution in [0.15, 0.2) is 61.0 Å². The fourth-order valence-electron chi connectivity index (χ4n) is 2.38. The lowest BCUT2D eigenvalue weighted by Crippen LogP contribution is -2.03. The summed E-state index contributed by atoms with van der Waals surface area (Å²) in [6.45, 7) is 3.79. The Morgan fingerprint density at radius 2 is 1.70 bits per heavy atom. The summed E-state index contributed by atoms with van der Waals surface area (Å²) < 4.78 is 2.39. The standard InChI is InChI=1S/C19H15Br3N4O/c1-10-7-17(26-25-11(2)12-3-5-13(20)6-4-12)24-19(23-10)15-8-14(21)9-16(22)18(15)27/h3-9,27H,1-2H3,(H,23,24,26). The van der Waals surface area contributed by atoms with E-state index >= 15 is 0 Å². The van der Waals surface area contributed by atoms with Crippen LogP contribution in [0.4, 0.5) is 5.82 Å². The molecule has 0 fully saturated rings. The molecule has 2 N–H and O–H groups in total. The number of phenolic OH excluding ortho intramolecular Hbond substituents is 1. The molecule has 0 spiro atoms. The number of phenols is 1. The molecule has 0 radical (unpaired) electrons. The van der Waals surface area contributed by atoms with Gasteiger partial charge < -0.3 is 5.11 Å². The highest BCUT2D eigenvalue weighted by Crippen LogP contribution is 2.37. The lowest BCUT2D eigenvalue weighted by atomic mass is 10.1. The normalized spacial score (nSPS) is 11.5. The molecular weight excluding hydrogens is 540 g/mol. The first kappa shape index (κ1) is 20.0. The van der Waals surface area contributed by atoms with E-state index in [0.29, 0.717) is 21.7 Å². The first-order chi connectivity index (χ1) is 12.8. The Kier molecular flexibility index (Phi) is 6.29. The number of rotatable bonds is 4. The highest BCUT2D eigenvalue weighted by molar-refractivity contribution is 9.11. The van der Waals surface area contributed by atoms with Gasteiger partial charge in [-0.25, -0.2) is 9.97 Å². The first-order valence-electron chi connectivity index (χ1n) is 7.94. The number of nitrogens with zero attached hydrogens (tertiary/aromatic N) is 3. The molecule has 0 saturated heterocycles. The van der Waals surface area contributed by atoms with Crippen molar-refractivity contribution < 1.29 is 5.11 Å². The van der Waals surface area contributed by atoms with Gasteiger partial charge in [-0.1, -0.05) is 44.0 Å². The Labute approximate surface area is 182 Å². The van der Waals surface area contributed by atoms with E-state index in [-0.39, 0.29) is 5.75 Å². The summed E-state index contributed by atoms with van der Waals surface area (Å²) in [5, 5.41) is 14.8. The highest BCUT2D eigenvalue weighted by atomic mass is 79.9. The summed E-state index contributed by atoms with van der Waals surface area (Å²) >= 11 is 10.2. The van der Waals surface area contributed by atoms with Gasteiger partial charge in [0.1, 0.15) is 5.75 Å². The molecule has 0 aliphatic rings. The molecule has 0 saturated carbocycles. The van der Waals surface area contributed by atoms with Gasteiger partial charge >= 0.3 is 0 Å². The Morgan fingerprint density at radius 1 is 1.00 bits per heavy atom. The number of benzene rings is 2. The van der Waals surface area contributed by atoms with Crippen molar-refractivity contribution in [1.29, 1.82) is 0 Å². The quantitative estimate of drug-likeness (QED) is 0.294. The molecule has 0 atom stereocenters. The monoisotopic (exact) mass is 552 g/mol. The second kappa shape index (κ2) is 8.50.